The molecule has 0 spiro atoms. The number of hydrogen-bond donors (Lipinski definition) is 1. The molecule has 0 radical (unpaired) electrons. The van der Waals surface area contributed by atoms with E-state index in [9.17, 15) is 13.2 Å². The molecule has 1 unspecified atom stereocenters. The summed E-state index contributed by atoms with van der Waals surface area (Å²) in [5.74, 6) is 0. The summed E-state index contributed by atoms with van der Waals surface area (Å²) in [5.41, 5.74) is 0.506. The van der Waals surface area contributed by atoms with E-state index in [1.807, 2.05) is 6.92 Å². The molecule has 1 N–H and O–H groups in total. The molecule has 0 saturated heterocycles. The van der Waals surface area contributed by atoms with Gasteiger partial charge in [0.25, 0.3) is 0 Å². The van der Waals surface area contributed by atoms with E-state index >= 15 is 0 Å². The minimum Gasteiger partial charge on any atom is -0.382 e. The van der Waals surface area contributed by atoms with Crippen LogP contribution in [-0.2, 0) is 12.6 Å². The summed E-state index contributed by atoms with van der Waals surface area (Å²) >= 11 is 0. The lowest BCUT2D eigenvalue weighted by Crippen LogP contribution is -2.10. The molecule has 1 aliphatic rings. The Hall–Kier alpha value is -1.19. The highest BCUT2D eigenvalue weighted by atomic mass is 19.4. The third kappa shape index (κ3) is 1.45. The highest BCUT2D eigenvalue weighted by Crippen LogP contribution is 2.38. The lowest BCUT2D eigenvalue weighted by atomic mass is 10.0. The Kier molecular flexibility index (Phi) is 1.94. The molecule has 1 aliphatic heterocycles. The van der Waals surface area contributed by atoms with Gasteiger partial charge in [-0.15, -0.1) is 0 Å². The van der Waals surface area contributed by atoms with Crippen molar-refractivity contribution in [2.24, 2.45) is 0 Å². The Balaban J connectivity index is 2.50. The van der Waals surface area contributed by atoms with Crippen molar-refractivity contribution in [2.45, 2.75) is 25.6 Å². The highest BCUT2D eigenvalue weighted by Gasteiger charge is 2.36. The van der Waals surface area contributed by atoms with Gasteiger partial charge in [0.1, 0.15) is 0 Å². The molecule has 76 valence electrons. The van der Waals surface area contributed by atoms with E-state index in [2.05, 4.69) is 5.32 Å². The predicted octanol–water partition coefficient (Wildman–Crippen LogP) is 3.06. The van der Waals surface area contributed by atoms with Gasteiger partial charge in [0, 0.05) is 11.7 Å². The van der Waals surface area contributed by atoms with Gasteiger partial charge in [0.15, 0.2) is 0 Å². The van der Waals surface area contributed by atoms with Crippen LogP contribution in [0.15, 0.2) is 18.2 Å². The summed E-state index contributed by atoms with van der Waals surface area (Å²) < 4.78 is 37.6. The van der Waals surface area contributed by atoms with E-state index in [0.717, 1.165) is 6.07 Å². The van der Waals surface area contributed by atoms with Gasteiger partial charge in [-0.3, -0.25) is 0 Å². The number of rotatable bonds is 0. The van der Waals surface area contributed by atoms with E-state index in [1.165, 1.54) is 6.07 Å². The molecule has 1 nitrogen and oxygen atoms in total. The largest absolute Gasteiger partial charge is 0.416 e. The molecule has 0 aromatic heterocycles. The molecular formula is C10H10F3N. The topological polar surface area (TPSA) is 12.0 Å². The van der Waals surface area contributed by atoms with Gasteiger partial charge in [-0.05, 0) is 31.0 Å². The van der Waals surface area contributed by atoms with E-state index in [-0.39, 0.29) is 6.04 Å². The first-order valence-corrected chi connectivity index (χ1v) is 4.44. The first-order chi connectivity index (χ1) is 6.48. The second-order valence-corrected chi connectivity index (χ2v) is 3.58. The minimum absolute atomic E-state index is 0.0912. The lowest BCUT2D eigenvalue weighted by Gasteiger charge is -2.10. The smallest absolute Gasteiger partial charge is 0.382 e. The molecule has 1 aromatic rings. The molecule has 2 rings (SSSR count). The van der Waals surface area contributed by atoms with Crippen LogP contribution in [0.4, 0.5) is 18.9 Å². The van der Waals surface area contributed by atoms with E-state index < -0.39 is 11.7 Å². The summed E-state index contributed by atoms with van der Waals surface area (Å²) in [5, 5.41) is 3.01. The van der Waals surface area contributed by atoms with Crippen molar-refractivity contribution < 1.29 is 13.2 Å². The van der Waals surface area contributed by atoms with Crippen molar-refractivity contribution in [3.05, 3.63) is 29.3 Å². The predicted molar refractivity (Wildman–Crippen MR) is 48.2 cm³/mol. The molecule has 0 saturated carbocycles. The molecule has 0 aliphatic carbocycles. The van der Waals surface area contributed by atoms with Gasteiger partial charge < -0.3 is 5.32 Å². The maximum Gasteiger partial charge on any atom is 0.416 e. The monoisotopic (exact) mass is 201 g/mol. The van der Waals surface area contributed by atoms with Crippen LogP contribution in [0, 0.1) is 0 Å². The van der Waals surface area contributed by atoms with Crippen molar-refractivity contribution in [1.29, 1.82) is 0 Å². The van der Waals surface area contributed by atoms with Crippen molar-refractivity contribution in [3.8, 4) is 0 Å². The molecule has 0 amide bonds. The molecule has 0 fully saturated rings. The SMILES string of the molecule is CC1Cc2c(cccc2C(F)(F)F)N1. The van der Waals surface area contributed by atoms with Crippen LogP contribution in [0.25, 0.3) is 0 Å². The Bertz CT molecular complexity index is 357. The summed E-state index contributed by atoms with van der Waals surface area (Å²) in [6.07, 6.45) is -3.79. The van der Waals surface area contributed by atoms with E-state index in [1.54, 1.807) is 6.07 Å². The minimum atomic E-state index is -4.24. The fourth-order valence-corrected chi connectivity index (χ4v) is 1.83. The lowest BCUT2D eigenvalue weighted by molar-refractivity contribution is -0.138. The number of fused-ring (bicyclic) bond motifs is 1. The molecule has 14 heavy (non-hydrogen) atoms. The fourth-order valence-electron chi connectivity index (χ4n) is 1.83. The summed E-state index contributed by atoms with van der Waals surface area (Å²) in [4.78, 5) is 0. The molecule has 1 aromatic carbocycles. The number of hydrogen-bond acceptors (Lipinski definition) is 1. The average Bonchev–Trinajstić information content (AvgIpc) is 2.41. The Morgan fingerprint density at radius 2 is 2.07 bits per heavy atom. The van der Waals surface area contributed by atoms with Gasteiger partial charge >= 0.3 is 6.18 Å². The Morgan fingerprint density at radius 3 is 2.71 bits per heavy atom. The standard InChI is InChI=1S/C10H10F3N/c1-6-5-7-8(10(11,12)13)3-2-4-9(7)14-6/h2-4,6,14H,5H2,1H3. The zero-order chi connectivity index (χ0) is 10.3. The van der Waals surface area contributed by atoms with E-state index in [0.29, 0.717) is 17.7 Å². The van der Waals surface area contributed by atoms with Crippen LogP contribution in [0.5, 0.6) is 0 Å². The molecule has 1 heterocycles. The number of benzene rings is 1. The molecule has 4 heteroatoms. The first-order valence-electron chi connectivity index (χ1n) is 4.44. The number of anilines is 1. The number of nitrogens with one attached hydrogen (secondary N) is 1. The second kappa shape index (κ2) is 2.90. The van der Waals surface area contributed by atoms with Crippen molar-refractivity contribution >= 4 is 5.69 Å². The summed E-state index contributed by atoms with van der Waals surface area (Å²) in [6, 6.07) is 4.35. The van der Waals surface area contributed by atoms with Gasteiger partial charge in [-0.2, -0.15) is 13.2 Å². The maximum absolute atomic E-state index is 12.5. The van der Waals surface area contributed by atoms with Crippen LogP contribution in [0.1, 0.15) is 18.1 Å². The van der Waals surface area contributed by atoms with Gasteiger partial charge in [0.2, 0.25) is 0 Å². The van der Waals surface area contributed by atoms with Crippen LogP contribution in [0.3, 0.4) is 0 Å². The van der Waals surface area contributed by atoms with Gasteiger partial charge in [-0.1, -0.05) is 6.07 Å². The third-order valence-electron chi connectivity index (χ3n) is 2.39. The van der Waals surface area contributed by atoms with Gasteiger partial charge in [-0.25, -0.2) is 0 Å². The Labute approximate surface area is 79.9 Å². The van der Waals surface area contributed by atoms with Crippen molar-refractivity contribution in [1.82, 2.24) is 0 Å². The second-order valence-electron chi connectivity index (χ2n) is 3.58. The zero-order valence-electron chi connectivity index (χ0n) is 7.65. The highest BCUT2D eigenvalue weighted by molar-refractivity contribution is 5.60. The number of alkyl halides is 3. The maximum atomic E-state index is 12.5. The van der Waals surface area contributed by atoms with Crippen LogP contribution >= 0.6 is 0 Å². The van der Waals surface area contributed by atoms with Crippen molar-refractivity contribution in [2.75, 3.05) is 5.32 Å². The third-order valence-corrected chi connectivity index (χ3v) is 2.39. The molecular weight excluding hydrogens is 191 g/mol. The quantitative estimate of drug-likeness (QED) is 0.680. The van der Waals surface area contributed by atoms with Crippen LogP contribution in [-0.4, -0.2) is 6.04 Å². The van der Waals surface area contributed by atoms with E-state index in [4.69, 9.17) is 0 Å². The van der Waals surface area contributed by atoms with Crippen LogP contribution < -0.4 is 5.32 Å². The first kappa shape index (κ1) is 9.37. The van der Waals surface area contributed by atoms with Crippen LogP contribution in [0.2, 0.25) is 0 Å². The normalized spacial score (nSPS) is 20.4. The van der Waals surface area contributed by atoms with Crippen molar-refractivity contribution in [3.63, 3.8) is 0 Å². The number of halogens is 3. The summed E-state index contributed by atoms with van der Waals surface area (Å²) in [6.45, 7) is 1.88. The molecule has 0 bridgehead atoms. The van der Waals surface area contributed by atoms with Gasteiger partial charge in [0.05, 0.1) is 5.56 Å². The Morgan fingerprint density at radius 1 is 1.36 bits per heavy atom. The molecule has 1 atom stereocenters. The summed E-state index contributed by atoms with van der Waals surface area (Å²) in [7, 11) is 0. The average molecular weight is 201 g/mol. The zero-order valence-corrected chi connectivity index (χ0v) is 7.65. The fraction of sp³-hybridized carbons (Fsp3) is 0.400.